The Bertz CT molecular complexity index is 1150. The van der Waals surface area contributed by atoms with Crippen LogP contribution in [0.1, 0.15) is 155 Å². The van der Waals surface area contributed by atoms with Gasteiger partial charge in [-0.2, -0.15) is 0 Å². The molecule has 3 atom stereocenters. The first-order valence-electron chi connectivity index (χ1n) is 20.3. The van der Waals surface area contributed by atoms with Gasteiger partial charge in [-0.3, -0.25) is 23.4 Å². The third-order valence-corrected chi connectivity index (χ3v) is 9.20. The highest BCUT2D eigenvalue weighted by Gasteiger charge is 2.28. The number of rotatable bonds is 37. The Hall–Kier alpha value is -2.82. The van der Waals surface area contributed by atoms with Crippen LogP contribution in [0.15, 0.2) is 60.8 Å². The molecule has 0 aromatic rings. The largest absolute Gasteiger partial charge is 0.480 e. The summed E-state index contributed by atoms with van der Waals surface area (Å²) in [4.78, 5) is 45.8. The Morgan fingerprint density at radius 2 is 1.04 bits per heavy atom. The number of carbonyl (C=O) groups is 3. The number of hydrogen-bond acceptors (Lipinski definition) is 9. The summed E-state index contributed by atoms with van der Waals surface area (Å²) in [7, 11) is -4.73. The van der Waals surface area contributed by atoms with Gasteiger partial charge < -0.3 is 25.2 Å². The molecule has 0 spiro atoms. The second-order valence-electron chi connectivity index (χ2n) is 13.4. The van der Waals surface area contributed by atoms with Gasteiger partial charge in [-0.05, 0) is 77.0 Å². The minimum atomic E-state index is -4.73. The van der Waals surface area contributed by atoms with Crippen LogP contribution in [0.3, 0.4) is 0 Å². The Kier molecular flexibility index (Phi) is 35.2. The van der Waals surface area contributed by atoms with Gasteiger partial charge in [0.1, 0.15) is 12.6 Å². The van der Waals surface area contributed by atoms with E-state index in [2.05, 4.69) is 79.1 Å². The SMILES string of the molecule is CC/C=C\C/C=C\C/C=C\C/C=C\CCCCC(=O)OC[C@H](COP(=O)(O)OC[C@H](N)C(=O)O)OC(=O)CCCCCCC/C=C\CCCCCCCC. The van der Waals surface area contributed by atoms with E-state index in [0.29, 0.717) is 12.8 Å². The second kappa shape index (κ2) is 37.1. The van der Waals surface area contributed by atoms with Gasteiger partial charge in [0.05, 0.1) is 13.2 Å². The number of hydrogen-bond donors (Lipinski definition) is 3. The van der Waals surface area contributed by atoms with Gasteiger partial charge in [0.25, 0.3) is 0 Å². The first kappa shape index (κ1) is 51.2. The predicted molar refractivity (Wildman–Crippen MR) is 217 cm³/mol. The monoisotopic (exact) mass is 781 g/mol. The fraction of sp³-hybridized carbons (Fsp3) is 0.690. The highest BCUT2D eigenvalue weighted by Crippen LogP contribution is 2.43. The molecule has 11 nitrogen and oxygen atoms in total. The number of ether oxygens (including phenoxy) is 2. The van der Waals surface area contributed by atoms with Crippen molar-refractivity contribution in [1.82, 2.24) is 0 Å². The van der Waals surface area contributed by atoms with Crippen LogP contribution in [0.25, 0.3) is 0 Å². The highest BCUT2D eigenvalue weighted by molar-refractivity contribution is 7.47. The van der Waals surface area contributed by atoms with Crippen LogP contribution in [0.2, 0.25) is 0 Å². The van der Waals surface area contributed by atoms with Crippen molar-refractivity contribution in [2.45, 2.75) is 167 Å². The first-order valence-corrected chi connectivity index (χ1v) is 21.8. The van der Waals surface area contributed by atoms with Crippen LogP contribution >= 0.6 is 7.82 Å². The summed E-state index contributed by atoms with van der Waals surface area (Å²) >= 11 is 0. The number of carboxylic acids is 1. The fourth-order valence-corrected chi connectivity index (χ4v) is 5.83. The molecular weight excluding hydrogens is 709 g/mol. The number of aliphatic carboxylic acids is 1. The fourth-order valence-electron chi connectivity index (χ4n) is 5.05. The molecule has 0 aliphatic heterocycles. The molecule has 4 N–H and O–H groups in total. The minimum Gasteiger partial charge on any atom is -0.480 e. The molecule has 0 aliphatic rings. The van der Waals surface area contributed by atoms with E-state index in [0.717, 1.165) is 77.0 Å². The van der Waals surface area contributed by atoms with Crippen LogP contribution in [0.5, 0.6) is 0 Å². The van der Waals surface area contributed by atoms with Gasteiger partial charge in [0, 0.05) is 12.8 Å². The summed E-state index contributed by atoms with van der Waals surface area (Å²) < 4.78 is 32.6. The zero-order chi connectivity index (χ0) is 40.0. The third-order valence-electron chi connectivity index (χ3n) is 8.25. The Labute approximate surface area is 326 Å². The number of phosphoric ester groups is 1. The van der Waals surface area contributed by atoms with E-state index in [-0.39, 0.29) is 19.4 Å². The lowest BCUT2D eigenvalue weighted by atomic mass is 10.1. The molecular formula is C42H72NO10P. The van der Waals surface area contributed by atoms with E-state index < -0.39 is 51.1 Å². The summed E-state index contributed by atoms with van der Waals surface area (Å²) in [5.41, 5.74) is 5.32. The molecule has 54 heavy (non-hydrogen) atoms. The van der Waals surface area contributed by atoms with Gasteiger partial charge in [0.2, 0.25) is 0 Å². The predicted octanol–water partition coefficient (Wildman–Crippen LogP) is 10.4. The maximum absolute atomic E-state index is 12.6. The van der Waals surface area contributed by atoms with Crippen molar-refractivity contribution in [3.63, 3.8) is 0 Å². The number of esters is 2. The number of phosphoric acid groups is 1. The van der Waals surface area contributed by atoms with Crippen molar-refractivity contribution >= 4 is 25.7 Å². The van der Waals surface area contributed by atoms with Crippen molar-refractivity contribution in [2.24, 2.45) is 5.73 Å². The van der Waals surface area contributed by atoms with E-state index in [4.69, 9.17) is 24.8 Å². The molecule has 0 aliphatic carbocycles. The zero-order valence-corrected chi connectivity index (χ0v) is 34.2. The standard InChI is InChI=1S/C42H72NO10P/c1-3-5-7-9-11-13-15-17-19-21-23-25-27-29-31-33-40(44)50-35-38(36-51-54(48,49)52-37-39(43)42(46)47)53-41(45)34-32-30-28-26-24-22-20-18-16-14-12-10-8-6-4-2/h5,7,11,13,17-20,23,25,38-39H,3-4,6,8-10,12,14-16,21-22,24,26-37,43H2,1-2H3,(H,46,47)(H,48,49)/b7-5-,13-11-,19-17-,20-18-,25-23-/t38-,39+/m1/s1. The van der Waals surface area contributed by atoms with E-state index in [1.807, 2.05) is 0 Å². The topological polar surface area (TPSA) is 172 Å². The van der Waals surface area contributed by atoms with Crippen molar-refractivity contribution in [1.29, 1.82) is 0 Å². The summed E-state index contributed by atoms with van der Waals surface area (Å²) in [6.07, 6.45) is 41.5. The van der Waals surface area contributed by atoms with Gasteiger partial charge in [-0.25, -0.2) is 4.57 Å². The number of nitrogens with two attached hydrogens (primary N) is 1. The average Bonchev–Trinajstić information content (AvgIpc) is 3.14. The molecule has 0 saturated heterocycles. The third kappa shape index (κ3) is 36.2. The van der Waals surface area contributed by atoms with Crippen molar-refractivity contribution in [2.75, 3.05) is 19.8 Å². The molecule has 310 valence electrons. The second-order valence-corrected chi connectivity index (χ2v) is 14.8. The molecule has 12 heteroatoms. The Balaban J connectivity index is 4.50. The summed E-state index contributed by atoms with van der Waals surface area (Å²) in [6, 6.07) is -1.53. The van der Waals surface area contributed by atoms with Crippen LogP contribution in [-0.4, -0.2) is 59.9 Å². The van der Waals surface area contributed by atoms with Crippen LogP contribution in [0.4, 0.5) is 0 Å². The molecule has 0 radical (unpaired) electrons. The zero-order valence-electron chi connectivity index (χ0n) is 33.3. The normalized spacial score (nSPS) is 14.4. The van der Waals surface area contributed by atoms with Crippen molar-refractivity contribution < 1.29 is 47.5 Å². The van der Waals surface area contributed by atoms with Gasteiger partial charge in [-0.15, -0.1) is 0 Å². The molecule has 0 heterocycles. The molecule has 0 aromatic heterocycles. The molecule has 0 bridgehead atoms. The van der Waals surface area contributed by atoms with Crippen molar-refractivity contribution in [3.8, 4) is 0 Å². The molecule has 1 unspecified atom stereocenters. The van der Waals surface area contributed by atoms with Crippen LogP contribution < -0.4 is 5.73 Å². The molecule has 0 rings (SSSR count). The number of allylic oxidation sites excluding steroid dienone is 10. The van der Waals surface area contributed by atoms with Crippen molar-refractivity contribution in [3.05, 3.63) is 60.8 Å². The van der Waals surface area contributed by atoms with E-state index in [1.54, 1.807) is 0 Å². The molecule has 0 aromatic carbocycles. The number of carboxylic acid groups (broad SMARTS) is 1. The molecule has 0 fully saturated rings. The maximum Gasteiger partial charge on any atom is 0.472 e. The van der Waals surface area contributed by atoms with E-state index >= 15 is 0 Å². The lowest BCUT2D eigenvalue weighted by Gasteiger charge is -2.20. The minimum absolute atomic E-state index is 0.140. The maximum atomic E-state index is 12.6. The summed E-state index contributed by atoms with van der Waals surface area (Å²) in [6.45, 7) is 2.61. The highest BCUT2D eigenvalue weighted by atomic mass is 31.2. The first-order chi connectivity index (χ1) is 26.1. The quantitative estimate of drug-likeness (QED) is 0.0237. The Morgan fingerprint density at radius 3 is 1.61 bits per heavy atom. The number of unbranched alkanes of at least 4 members (excludes halogenated alkanes) is 13. The van der Waals surface area contributed by atoms with E-state index in [1.165, 1.54) is 38.5 Å². The van der Waals surface area contributed by atoms with Gasteiger partial charge >= 0.3 is 25.7 Å². The lowest BCUT2D eigenvalue weighted by molar-refractivity contribution is -0.161. The average molecular weight is 782 g/mol. The number of carbonyl (C=O) groups excluding carboxylic acids is 2. The van der Waals surface area contributed by atoms with Crippen LogP contribution in [0, 0.1) is 0 Å². The van der Waals surface area contributed by atoms with Crippen LogP contribution in [-0.2, 0) is 37.5 Å². The van der Waals surface area contributed by atoms with E-state index in [9.17, 15) is 23.8 Å². The van der Waals surface area contributed by atoms with Gasteiger partial charge in [-0.1, -0.05) is 126 Å². The Morgan fingerprint density at radius 1 is 0.593 bits per heavy atom. The molecule has 0 amide bonds. The summed E-state index contributed by atoms with van der Waals surface area (Å²) in [5.74, 6) is -2.45. The molecule has 0 saturated carbocycles. The van der Waals surface area contributed by atoms with Gasteiger partial charge in [0.15, 0.2) is 6.10 Å². The lowest BCUT2D eigenvalue weighted by Crippen LogP contribution is -2.34. The smallest absolute Gasteiger partial charge is 0.472 e. The summed E-state index contributed by atoms with van der Waals surface area (Å²) in [5, 5.41) is 8.87.